The summed E-state index contributed by atoms with van der Waals surface area (Å²) in [5.41, 5.74) is 0.730. The van der Waals surface area contributed by atoms with E-state index in [0.717, 1.165) is 7.05 Å². The van der Waals surface area contributed by atoms with Crippen molar-refractivity contribution in [1.29, 1.82) is 0 Å². The molecule has 1 aromatic rings. The van der Waals surface area contributed by atoms with E-state index in [1.807, 2.05) is 0 Å². The minimum Gasteiger partial charge on any atom is -0.387 e. The number of alkyl halides is 3. The summed E-state index contributed by atoms with van der Waals surface area (Å²) in [6.45, 7) is -1.26. The quantitative estimate of drug-likeness (QED) is 0.888. The number of hydrogen-bond donors (Lipinski definition) is 1. The average molecular weight is 246 g/mol. The number of anilines is 1. The summed E-state index contributed by atoms with van der Waals surface area (Å²) >= 11 is 0. The maximum atomic E-state index is 12.2. The van der Waals surface area contributed by atoms with Crippen LogP contribution in [0.4, 0.5) is 18.9 Å². The zero-order valence-corrected chi connectivity index (χ0v) is 9.51. The smallest absolute Gasteiger partial charge is 0.387 e. The highest BCUT2D eigenvalue weighted by Gasteiger charge is 2.31. The van der Waals surface area contributed by atoms with Crippen LogP contribution in [-0.2, 0) is 0 Å². The summed E-state index contributed by atoms with van der Waals surface area (Å²) in [6.07, 6.45) is -4.39. The van der Waals surface area contributed by atoms with Crippen molar-refractivity contribution in [1.82, 2.24) is 4.90 Å². The SMILES string of the molecule is CNc1ccccc1C(=O)N(C)CC(F)(F)F. The van der Waals surface area contributed by atoms with Crippen molar-refractivity contribution in [2.24, 2.45) is 0 Å². The molecule has 0 unspecified atom stereocenters. The van der Waals surface area contributed by atoms with E-state index in [9.17, 15) is 18.0 Å². The van der Waals surface area contributed by atoms with Crippen molar-refractivity contribution in [3.05, 3.63) is 29.8 Å². The van der Waals surface area contributed by atoms with Crippen LogP contribution in [-0.4, -0.2) is 37.6 Å². The van der Waals surface area contributed by atoms with Gasteiger partial charge >= 0.3 is 6.18 Å². The Balaban J connectivity index is 2.89. The Morgan fingerprint density at radius 1 is 1.35 bits per heavy atom. The lowest BCUT2D eigenvalue weighted by Crippen LogP contribution is -2.36. The third-order valence-electron chi connectivity index (χ3n) is 2.19. The minimum atomic E-state index is -4.39. The van der Waals surface area contributed by atoms with Gasteiger partial charge in [0.15, 0.2) is 0 Å². The second-order valence-electron chi connectivity index (χ2n) is 3.57. The molecule has 6 heteroatoms. The van der Waals surface area contributed by atoms with E-state index in [1.54, 1.807) is 25.2 Å². The lowest BCUT2D eigenvalue weighted by molar-refractivity contribution is -0.138. The van der Waals surface area contributed by atoms with Crippen LogP contribution in [0.15, 0.2) is 24.3 Å². The Hall–Kier alpha value is -1.72. The lowest BCUT2D eigenvalue weighted by atomic mass is 10.1. The normalized spacial score (nSPS) is 11.1. The predicted molar refractivity (Wildman–Crippen MR) is 59.0 cm³/mol. The maximum absolute atomic E-state index is 12.2. The molecular formula is C11H13F3N2O. The minimum absolute atomic E-state index is 0.224. The highest BCUT2D eigenvalue weighted by atomic mass is 19.4. The molecule has 0 heterocycles. The Bertz CT molecular complexity index is 404. The fraction of sp³-hybridized carbons (Fsp3) is 0.364. The van der Waals surface area contributed by atoms with Crippen LogP contribution in [0.1, 0.15) is 10.4 Å². The first kappa shape index (κ1) is 13.3. The Kier molecular flexibility index (Phi) is 3.98. The van der Waals surface area contributed by atoms with E-state index in [1.165, 1.54) is 6.07 Å². The molecule has 0 fully saturated rings. The van der Waals surface area contributed by atoms with Crippen molar-refractivity contribution >= 4 is 11.6 Å². The number of carbonyl (C=O) groups excluding carboxylic acids is 1. The Morgan fingerprint density at radius 2 is 1.94 bits per heavy atom. The molecule has 0 aliphatic rings. The van der Waals surface area contributed by atoms with Crippen molar-refractivity contribution in [3.8, 4) is 0 Å². The highest BCUT2D eigenvalue weighted by molar-refractivity contribution is 5.99. The highest BCUT2D eigenvalue weighted by Crippen LogP contribution is 2.20. The zero-order chi connectivity index (χ0) is 13.1. The van der Waals surface area contributed by atoms with Gasteiger partial charge in [-0.1, -0.05) is 12.1 Å². The molecule has 1 N–H and O–H groups in total. The Labute approximate surface area is 97.2 Å². The number of halogens is 3. The van der Waals surface area contributed by atoms with Gasteiger partial charge in [-0.3, -0.25) is 4.79 Å². The fourth-order valence-corrected chi connectivity index (χ4v) is 1.43. The van der Waals surface area contributed by atoms with Gasteiger partial charge in [-0.05, 0) is 12.1 Å². The molecule has 0 atom stereocenters. The second-order valence-corrected chi connectivity index (χ2v) is 3.57. The first-order chi connectivity index (χ1) is 7.85. The van der Waals surface area contributed by atoms with E-state index in [-0.39, 0.29) is 5.56 Å². The van der Waals surface area contributed by atoms with Gasteiger partial charge in [-0.15, -0.1) is 0 Å². The van der Waals surface area contributed by atoms with Crippen LogP contribution in [0.2, 0.25) is 0 Å². The van der Waals surface area contributed by atoms with Gasteiger partial charge in [0.2, 0.25) is 0 Å². The third-order valence-corrected chi connectivity index (χ3v) is 2.19. The van der Waals surface area contributed by atoms with Gasteiger partial charge in [0.25, 0.3) is 5.91 Å². The largest absolute Gasteiger partial charge is 0.406 e. The molecular weight excluding hydrogens is 233 g/mol. The summed E-state index contributed by atoms with van der Waals surface area (Å²) in [5, 5.41) is 2.77. The molecule has 1 amide bonds. The molecule has 0 spiro atoms. The molecule has 0 saturated carbocycles. The zero-order valence-electron chi connectivity index (χ0n) is 9.51. The van der Waals surface area contributed by atoms with Crippen LogP contribution in [0.25, 0.3) is 0 Å². The van der Waals surface area contributed by atoms with Gasteiger partial charge < -0.3 is 10.2 Å². The van der Waals surface area contributed by atoms with Crippen molar-refractivity contribution in [2.45, 2.75) is 6.18 Å². The number of carbonyl (C=O) groups is 1. The van der Waals surface area contributed by atoms with Crippen LogP contribution < -0.4 is 5.32 Å². The lowest BCUT2D eigenvalue weighted by Gasteiger charge is -2.20. The fourth-order valence-electron chi connectivity index (χ4n) is 1.43. The molecule has 17 heavy (non-hydrogen) atoms. The number of amides is 1. The molecule has 0 radical (unpaired) electrons. The Morgan fingerprint density at radius 3 is 2.47 bits per heavy atom. The molecule has 3 nitrogen and oxygen atoms in total. The van der Waals surface area contributed by atoms with Gasteiger partial charge in [0.05, 0.1) is 5.56 Å². The van der Waals surface area contributed by atoms with E-state index < -0.39 is 18.6 Å². The van der Waals surface area contributed by atoms with E-state index in [2.05, 4.69) is 5.32 Å². The van der Waals surface area contributed by atoms with E-state index in [4.69, 9.17) is 0 Å². The standard InChI is InChI=1S/C11H13F3N2O/c1-15-9-6-4-3-5-8(9)10(17)16(2)7-11(12,13)14/h3-6,15H,7H2,1-2H3. The van der Waals surface area contributed by atoms with Gasteiger partial charge in [0, 0.05) is 19.8 Å². The summed E-state index contributed by atoms with van der Waals surface area (Å²) in [5.74, 6) is -0.660. The monoisotopic (exact) mass is 246 g/mol. The van der Waals surface area contributed by atoms with Crippen LogP contribution in [0.3, 0.4) is 0 Å². The van der Waals surface area contributed by atoms with Gasteiger partial charge in [-0.2, -0.15) is 13.2 Å². The van der Waals surface area contributed by atoms with Crippen molar-refractivity contribution in [2.75, 3.05) is 26.0 Å². The second kappa shape index (κ2) is 5.07. The van der Waals surface area contributed by atoms with Gasteiger partial charge in [-0.25, -0.2) is 0 Å². The molecule has 0 saturated heterocycles. The number of nitrogens with zero attached hydrogens (tertiary/aromatic N) is 1. The number of benzene rings is 1. The maximum Gasteiger partial charge on any atom is 0.406 e. The first-order valence-electron chi connectivity index (χ1n) is 4.94. The molecule has 1 rings (SSSR count). The van der Waals surface area contributed by atoms with Crippen molar-refractivity contribution in [3.63, 3.8) is 0 Å². The molecule has 0 aliphatic carbocycles. The predicted octanol–water partition coefficient (Wildman–Crippen LogP) is 2.36. The van der Waals surface area contributed by atoms with Crippen molar-refractivity contribution < 1.29 is 18.0 Å². The number of nitrogens with one attached hydrogen (secondary N) is 1. The van der Waals surface area contributed by atoms with Crippen LogP contribution in [0, 0.1) is 0 Å². The summed E-state index contributed by atoms with van der Waals surface area (Å²) in [6, 6.07) is 6.43. The van der Waals surface area contributed by atoms with Crippen LogP contribution in [0.5, 0.6) is 0 Å². The van der Waals surface area contributed by atoms with E-state index >= 15 is 0 Å². The van der Waals surface area contributed by atoms with Crippen LogP contribution >= 0.6 is 0 Å². The van der Waals surface area contributed by atoms with Gasteiger partial charge in [0.1, 0.15) is 6.54 Å². The average Bonchev–Trinajstić information content (AvgIpc) is 2.25. The number of para-hydroxylation sites is 1. The number of rotatable bonds is 3. The summed E-state index contributed by atoms with van der Waals surface area (Å²) in [4.78, 5) is 12.4. The summed E-state index contributed by atoms with van der Waals surface area (Å²) < 4.78 is 36.5. The molecule has 0 bridgehead atoms. The van der Waals surface area contributed by atoms with E-state index in [0.29, 0.717) is 10.6 Å². The molecule has 94 valence electrons. The topological polar surface area (TPSA) is 32.3 Å². The first-order valence-corrected chi connectivity index (χ1v) is 4.94. The third kappa shape index (κ3) is 3.65. The molecule has 0 aliphatic heterocycles. The number of hydrogen-bond acceptors (Lipinski definition) is 2. The molecule has 0 aromatic heterocycles. The summed E-state index contributed by atoms with van der Waals surface area (Å²) in [7, 11) is 2.73. The molecule has 1 aromatic carbocycles.